The van der Waals surface area contributed by atoms with E-state index in [1.54, 1.807) is 11.1 Å². The highest BCUT2D eigenvalue weighted by molar-refractivity contribution is 5.23. The summed E-state index contributed by atoms with van der Waals surface area (Å²) in [4.78, 5) is 0. The Morgan fingerprint density at radius 1 is 0.533 bits per heavy atom. The Kier molecular flexibility index (Phi) is 10.3. The lowest BCUT2D eigenvalue weighted by atomic mass is 9.80. The lowest BCUT2D eigenvalue weighted by Gasteiger charge is -2.26. The van der Waals surface area contributed by atoms with E-state index in [0.717, 1.165) is 29.6 Å². The van der Waals surface area contributed by atoms with Crippen molar-refractivity contribution in [1.82, 2.24) is 0 Å². The molecule has 0 aromatic heterocycles. The van der Waals surface area contributed by atoms with Crippen molar-refractivity contribution in [2.45, 2.75) is 124 Å². The van der Waals surface area contributed by atoms with E-state index in [1.807, 2.05) is 0 Å². The fourth-order valence-electron chi connectivity index (χ4n) is 6.14. The van der Waals surface area contributed by atoms with Crippen molar-refractivity contribution < 1.29 is 0 Å². The van der Waals surface area contributed by atoms with E-state index < -0.39 is 0 Å². The zero-order valence-electron chi connectivity index (χ0n) is 20.5. The molecule has 0 nitrogen and oxygen atoms in total. The summed E-state index contributed by atoms with van der Waals surface area (Å²) < 4.78 is 0. The molecule has 0 heterocycles. The second-order valence-corrected chi connectivity index (χ2v) is 11.4. The van der Waals surface area contributed by atoms with Crippen LogP contribution in [0.5, 0.6) is 0 Å². The van der Waals surface area contributed by atoms with Crippen LogP contribution in [-0.4, -0.2) is 0 Å². The van der Waals surface area contributed by atoms with Gasteiger partial charge in [-0.25, -0.2) is 0 Å². The fraction of sp³-hybridized carbons (Fsp3) is 0.800. The van der Waals surface area contributed by atoms with Crippen LogP contribution < -0.4 is 0 Å². The summed E-state index contributed by atoms with van der Waals surface area (Å²) >= 11 is 0. The first-order valence-corrected chi connectivity index (χ1v) is 13.7. The van der Waals surface area contributed by atoms with Gasteiger partial charge < -0.3 is 0 Å². The monoisotopic (exact) mass is 410 g/mol. The van der Waals surface area contributed by atoms with Gasteiger partial charge >= 0.3 is 0 Å². The molecule has 0 heteroatoms. The van der Waals surface area contributed by atoms with Crippen molar-refractivity contribution in [1.29, 1.82) is 0 Å². The number of hydrogen-bond acceptors (Lipinski definition) is 0. The summed E-state index contributed by atoms with van der Waals surface area (Å²) in [7, 11) is 0. The highest BCUT2D eigenvalue weighted by Crippen LogP contribution is 2.31. The molecule has 1 aromatic rings. The summed E-state index contributed by atoms with van der Waals surface area (Å²) in [6, 6.07) is 9.65. The predicted molar refractivity (Wildman–Crippen MR) is 133 cm³/mol. The lowest BCUT2D eigenvalue weighted by Crippen LogP contribution is -2.14. The van der Waals surface area contributed by atoms with Crippen LogP contribution in [0.1, 0.15) is 122 Å². The zero-order chi connectivity index (χ0) is 21.2. The first-order chi connectivity index (χ1) is 14.6. The van der Waals surface area contributed by atoms with E-state index >= 15 is 0 Å². The van der Waals surface area contributed by atoms with Crippen molar-refractivity contribution in [3.63, 3.8) is 0 Å². The Hall–Kier alpha value is -0.780. The Morgan fingerprint density at radius 3 is 1.37 bits per heavy atom. The van der Waals surface area contributed by atoms with Gasteiger partial charge in [-0.1, -0.05) is 122 Å². The quantitative estimate of drug-likeness (QED) is 0.453. The van der Waals surface area contributed by atoms with E-state index in [2.05, 4.69) is 45.0 Å². The van der Waals surface area contributed by atoms with Crippen LogP contribution in [0.15, 0.2) is 24.3 Å². The van der Waals surface area contributed by atoms with Gasteiger partial charge in [0, 0.05) is 0 Å². The zero-order valence-corrected chi connectivity index (χ0v) is 20.5. The summed E-state index contributed by atoms with van der Waals surface area (Å²) in [5.41, 5.74) is 3.14. The van der Waals surface area contributed by atoms with Crippen molar-refractivity contribution in [2.75, 3.05) is 0 Å². The number of hydrogen-bond donors (Lipinski definition) is 0. The summed E-state index contributed by atoms with van der Waals surface area (Å²) in [5, 5.41) is 0. The average molecular weight is 411 g/mol. The van der Waals surface area contributed by atoms with Gasteiger partial charge in [0.15, 0.2) is 0 Å². The average Bonchev–Trinajstić information content (AvgIpc) is 2.78. The Bertz CT molecular complexity index is 548. The molecule has 0 N–H and O–H groups in total. The van der Waals surface area contributed by atoms with E-state index in [1.165, 1.54) is 103 Å². The third-order valence-corrected chi connectivity index (χ3v) is 8.64. The second-order valence-electron chi connectivity index (χ2n) is 11.4. The van der Waals surface area contributed by atoms with Crippen LogP contribution in [0, 0.1) is 29.6 Å². The maximum Gasteiger partial charge on any atom is -0.0250 e. The molecule has 0 spiro atoms. The minimum atomic E-state index is 0.949. The fourth-order valence-corrected chi connectivity index (χ4v) is 6.14. The van der Waals surface area contributed by atoms with Crippen LogP contribution in [0.25, 0.3) is 0 Å². The molecule has 0 atom stereocenters. The largest absolute Gasteiger partial charge is 0.0651 e. The Balaban J connectivity index is 0.000000239. The van der Waals surface area contributed by atoms with Gasteiger partial charge in [0.05, 0.1) is 0 Å². The molecule has 0 amide bonds. The van der Waals surface area contributed by atoms with Crippen molar-refractivity contribution in [2.24, 2.45) is 29.6 Å². The summed E-state index contributed by atoms with van der Waals surface area (Å²) in [6.45, 7) is 7.11. The van der Waals surface area contributed by atoms with Crippen LogP contribution in [0.3, 0.4) is 0 Å². The molecule has 3 fully saturated rings. The van der Waals surface area contributed by atoms with Gasteiger partial charge in [0.1, 0.15) is 0 Å². The third kappa shape index (κ3) is 8.39. The van der Waals surface area contributed by atoms with Gasteiger partial charge in [-0.15, -0.1) is 0 Å². The predicted octanol–water partition coefficient (Wildman–Crippen LogP) is 9.40. The van der Waals surface area contributed by atoms with Crippen LogP contribution in [0.4, 0.5) is 0 Å². The maximum absolute atomic E-state index is 2.41. The minimum Gasteiger partial charge on any atom is -0.0651 e. The molecular formula is C30H50. The SMILES string of the molecule is CC1CCC(Cc2ccc(CC3CCCCC3)cc2)CC1.CCC1CCC(C)CC1. The molecule has 0 radical (unpaired) electrons. The smallest absolute Gasteiger partial charge is 0.0250 e. The summed E-state index contributed by atoms with van der Waals surface area (Å²) in [5.74, 6) is 4.97. The normalized spacial score (nSPS) is 30.4. The lowest BCUT2D eigenvalue weighted by molar-refractivity contribution is 0.284. The topological polar surface area (TPSA) is 0 Å². The van der Waals surface area contributed by atoms with E-state index in [9.17, 15) is 0 Å². The van der Waals surface area contributed by atoms with Crippen LogP contribution in [-0.2, 0) is 12.8 Å². The molecule has 1 aromatic carbocycles. The molecule has 30 heavy (non-hydrogen) atoms. The Labute approximate surface area is 188 Å². The number of benzene rings is 1. The first-order valence-electron chi connectivity index (χ1n) is 13.7. The standard InChI is InChI=1S/C21H32.C9H18/c1-17-7-9-19(10-8-17)16-21-13-11-20(12-14-21)15-18-5-3-2-4-6-18;1-3-9-6-4-8(2)5-7-9/h11-14,17-19H,2-10,15-16H2,1H3;8-9H,3-7H2,1-2H3. The van der Waals surface area contributed by atoms with E-state index in [4.69, 9.17) is 0 Å². The van der Waals surface area contributed by atoms with Crippen molar-refractivity contribution >= 4 is 0 Å². The molecule has 3 aliphatic rings. The highest BCUT2D eigenvalue weighted by atomic mass is 14.2. The minimum absolute atomic E-state index is 0.949. The van der Waals surface area contributed by atoms with Gasteiger partial charge in [-0.3, -0.25) is 0 Å². The molecule has 170 valence electrons. The highest BCUT2D eigenvalue weighted by Gasteiger charge is 2.19. The van der Waals surface area contributed by atoms with Crippen molar-refractivity contribution in [3.8, 4) is 0 Å². The molecular weight excluding hydrogens is 360 g/mol. The number of rotatable bonds is 5. The molecule has 0 unspecified atom stereocenters. The van der Waals surface area contributed by atoms with Gasteiger partial charge in [-0.05, 0) is 66.4 Å². The molecule has 3 saturated carbocycles. The Morgan fingerprint density at radius 2 is 0.933 bits per heavy atom. The maximum atomic E-state index is 2.41. The third-order valence-electron chi connectivity index (χ3n) is 8.64. The van der Waals surface area contributed by atoms with E-state index in [0.29, 0.717) is 0 Å². The van der Waals surface area contributed by atoms with Crippen LogP contribution >= 0.6 is 0 Å². The molecule has 0 saturated heterocycles. The summed E-state index contributed by atoms with van der Waals surface area (Å²) in [6.07, 6.45) is 23.1. The molecule has 0 aliphatic heterocycles. The molecule has 3 aliphatic carbocycles. The first kappa shape index (κ1) is 23.9. The van der Waals surface area contributed by atoms with E-state index in [-0.39, 0.29) is 0 Å². The molecule has 0 bridgehead atoms. The van der Waals surface area contributed by atoms with Gasteiger partial charge in [0.25, 0.3) is 0 Å². The van der Waals surface area contributed by atoms with Gasteiger partial charge in [-0.2, -0.15) is 0 Å². The van der Waals surface area contributed by atoms with Gasteiger partial charge in [0.2, 0.25) is 0 Å². The molecule has 4 rings (SSSR count). The van der Waals surface area contributed by atoms with Crippen LogP contribution in [0.2, 0.25) is 0 Å². The van der Waals surface area contributed by atoms with Crippen molar-refractivity contribution in [3.05, 3.63) is 35.4 Å². The second kappa shape index (κ2) is 12.9.